The van der Waals surface area contributed by atoms with E-state index < -0.39 is 0 Å². The average Bonchev–Trinajstić information content (AvgIpc) is 2.39. The monoisotopic (exact) mass is 226 g/mol. The molecule has 3 rings (SSSR count). The fourth-order valence-electron chi connectivity index (χ4n) is 2.00. The third-order valence-corrected chi connectivity index (χ3v) is 2.80. The van der Waals surface area contributed by atoms with Crippen molar-refractivity contribution >= 4 is 17.6 Å². The van der Waals surface area contributed by atoms with Crippen LogP contribution in [-0.2, 0) is 0 Å². The molecule has 1 aliphatic rings. The lowest BCUT2D eigenvalue weighted by Crippen LogP contribution is -2.21. The van der Waals surface area contributed by atoms with Crippen LogP contribution in [0.3, 0.4) is 0 Å². The minimum atomic E-state index is -0.311. The number of hydrogen-bond donors (Lipinski definition) is 0. The van der Waals surface area contributed by atoms with Crippen LogP contribution in [0.25, 0.3) is 6.08 Å². The summed E-state index contributed by atoms with van der Waals surface area (Å²) in [6, 6.07) is 11.2. The smallest absolute Gasteiger partial charge is 0.141 e. The van der Waals surface area contributed by atoms with Crippen LogP contribution in [0.4, 0.5) is 15.9 Å². The van der Waals surface area contributed by atoms with Gasteiger partial charge in [0.2, 0.25) is 0 Å². The second-order valence-corrected chi connectivity index (χ2v) is 3.91. The van der Waals surface area contributed by atoms with Crippen molar-refractivity contribution < 1.29 is 4.39 Å². The standard InChI is InChI=1S/C14H11FN2/c15-12-7-8-14(16-10-12)17-9-3-5-11-4-1-2-6-13(11)17/h1-8,10H,9H2. The predicted octanol–water partition coefficient (Wildman–Crippen LogP) is 3.39. The maximum atomic E-state index is 12.9. The molecule has 2 aromatic rings. The third-order valence-electron chi connectivity index (χ3n) is 2.80. The number of rotatable bonds is 1. The lowest BCUT2D eigenvalue weighted by atomic mass is 10.1. The minimum absolute atomic E-state index is 0.311. The summed E-state index contributed by atoms with van der Waals surface area (Å²) >= 11 is 0. The van der Waals surface area contributed by atoms with Gasteiger partial charge in [-0.3, -0.25) is 0 Å². The molecule has 0 spiro atoms. The highest BCUT2D eigenvalue weighted by atomic mass is 19.1. The third kappa shape index (κ3) is 1.80. The van der Waals surface area contributed by atoms with E-state index in [1.165, 1.54) is 12.3 Å². The Hall–Kier alpha value is -2.16. The van der Waals surface area contributed by atoms with Crippen molar-refractivity contribution in [3.05, 3.63) is 60.1 Å². The van der Waals surface area contributed by atoms with Crippen LogP contribution in [0.1, 0.15) is 5.56 Å². The van der Waals surface area contributed by atoms with Crippen molar-refractivity contribution in [3.8, 4) is 0 Å². The summed E-state index contributed by atoms with van der Waals surface area (Å²) < 4.78 is 12.9. The average molecular weight is 226 g/mol. The van der Waals surface area contributed by atoms with E-state index in [1.54, 1.807) is 6.07 Å². The topological polar surface area (TPSA) is 16.1 Å². The number of anilines is 2. The summed E-state index contributed by atoms with van der Waals surface area (Å²) in [5, 5.41) is 0. The Morgan fingerprint density at radius 1 is 1.12 bits per heavy atom. The van der Waals surface area contributed by atoms with Gasteiger partial charge in [-0.1, -0.05) is 30.4 Å². The fourth-order valence-corrected chi connectivity index (χ4v) is 2.00. The van der Waals surface area contributed by atoms with Crippen LogP contribution in [0.5, 0.6) is 0 Å². The Bertz CT molecular complexity index is 561. The summed E-state index contributed by atoms with van der Waals surface area (Å²) in [6.07, 6.45) is 5.42. The zero-order chi connectivity index (χ0) is 11.7. The molecule has 1 aromatic heterocycles. The normalized spacial score (nSPS) is 13.6. The molecule has 0 atom stereocenters. The second kappa shape index (κ2) is 4.01. The van der Waals surface area contributed by atoms with E-state index in [9.17, 15) is 4.39 Å². The first kappa shape index (κ1) is 10.0. The molecule has 1 aliphatic heterocycles. The lowest BCUT2D eigenvalue weighted by molar-refractivity contribution is 0.621. The maximum Gasteiger partial charge on any atom is 0.141 e. The number of pyridine rings is 1. The number of nitrogens with zero attached hydrogens (tertiary/aromatic N) is 2. The second-order valence-electron chi connectivity index (χ2n) is 3.91. The van der Waals surface area contributed by atoms with Gasteiger partial charge < -0.3 is 4.90 Å². The maximum absolute atomic E-state index is 12.9. The summed E-state index contributed by atoms with van der Waals surface area (Å²) in [7, 11) is 0. The van der Waals surface area contributed by atoms with Crippen molar-refractivity contribution in [3.63, 3.8) is 0 Å². The molecule has 1 aromatic carbocycles. The Kier molecular flexibility index (Phi) is 2.37. The first-order chi connectivity index (χ1) is 8.34. The first-order valence-corrected chi connectivity index (χ1v) is 5.49. The zero-order valence-electron chi connectivity index (χ0n) is 9.18. The van der Waals surface area contributed by atoms with Crippen molar-refractivity contribution in [1.29, 1.82) is 0 Å². The van der Waals surface area contributed by atoms with Gasteiger partial charge in [-0.15, -0.1) is 0 Å². The summed E-state index contributed by atoms with van der Waals surface area (Å²) in [6.45, 7) is 0.760. The van der Waals surface area contributed by atoms with Gasteiger partial charge in [-0.05, 0) is 23.8 Å². The lowest BCUT2D eigenvalue weighted by Gasteiger charge is -2.26. The van der Waals surface area contributed by atoms with Gasteiger partial charge in [0.1, 0.15) is 11.6 Å². The summed E-state index contributed by atoms with van der Waals surface area (Å²) in [5.41, 5.74) is 2.26. The predicted molar refractivity (Wildman–Crippen MR) is 66.7 cm³/mol. The number of hydrogen-bond acceptors (Lipinski definition) is 2. The Morgan fingerprint density at radius 3 is 2.82 bits per heavy atom. The van der Waals surface area contributed by atoms with Crippen molar-refractivity contribution in [2.24, 2.45) is 0 Å². The van der Waals surface area contributed by atoms with Crippen molar-refractivity contribution in [2.75, 3.05) is 11.4 Å². The van der Waals surface area contributed by atoms with E-state index in [1.807, 2.05) is 18.2 Å². The van der Waals surface area contributed by atoms with Crippen LogP contribution in [0.2, 0.25) is 0 Å². The Balaban J connectivity index is 2.05. The summed E-state index contributed by atoms with van der Waals surface area (Å²) in [5.74, 6) is 0.456. The highest BCUT2D eigenvalue weighted by Gasteiger charge is 2.14. The number of benzene rings is 1. The number of aromatic nitrogens is 1. The molecule has 2 nitrogen and oxygen atoms in total. The van der Waals surface area contributed by atoms with Crippen LogP contribution in [0.15, 0.2) is 48.7 Å². The van der Waals surface area contributed by atoms with Crippen molar-refractivity contribution in [2.45, 2.75) is 0 Å². The van der Waals surface area contributed by atoms with Gasteiger partial charge in [0.25, 0.3) is 0 Å². The molecule has 3 heteroatoms. The SMILES string of the molecule is Fc1ccc(N2CC=Cc3ccccc32)nc1. The van der Waals surface area contributed by atoms with Crippen LogP contribution in [-0.4, -0.2) is 11.5 Å². The van der Waals surface area contributed by atoms with Crippen LogP contribution in [0, 0.1) is 5.82 Å². The zero-order valence-corrected chi connectivity index (χ0v) is 9.18. The quantitative estimate of drug-likeness (QED) is 0.741. The molecule has 2 heterocycles. The Morgan fingerprint density at radius 2 is 2.00 bits per heavy atom. The van der Waals surface area contributed by atoms with E-state index in [2.05, 4.69) is 28.1 Å². The van der Waals surface area contributed by atoms with E-state index in [-0.39, 0.29) is 5.82 Å². The van der Waals surface area contributed by atoms with Crippen LogP contribution >= 0.6 is 0 Å². The first-order valence-electron chi connectivity index (χ1n) is 5.49. The number of halogens is 1. The molecule has 0 saturated heterocycles. The minimum Gasteiger partial charge on any atom is -0.322 e. The summed E-state index contributed by atoms with van der Waals surface area (Å²) in [4.78, 5) is 6.18. The molecular weight excluding hydrogens is 215 g/mol. The fraction of sp³-hybridized carbons (Fsp3) is 0.0714. The molecule has 0 N–H and O–H groups in total. The molecule has 0 unspecified atom stereocenters. The van der Waals surface area contributed by atoms with Gasteiger partial charge in [0.15, 0.2) is 0 Å². The van der Waals surface area contributed by atoms with Gasteiger partial charge >= 0.3 is 0 Å². The van der Waals surface area contributed by atoms with Gasteiger partial charge in [0, 0.05) is 12.2 Å². The van der Waals surface area contributed by atoms with E-state index in [0.717, 1.165) is 23.6 Å². The van der Waals surface area contributed by atoms with Gasteiger partial charge in [-0.2, -0.15) is 0 Å². The molecule has 0 bridgehead atoms. The van der Waals surface area contributed by atoms with Crippen molar-refractivity contribution in [1.82, 2.24) is 4.98 Å². The molecular formula is C14H11FN2. The molecule has 0 saturated carbocycles. The molecule has 0 aliphatic carbocycles. The molecule has 0 radical (unpaired) electrons. The van der Waals surface area contributed by atoms with Gasteiger partial charge in [-0.25, -0.2) is 9.37 Å². The molecule has 84 valence electrons. The largest absolute Gasteiger partial charge is 0.322 e. The van der Waals surface area contributed by atoms with E-state index in [4.69, 9.17) is 0 Å². The Labute approximate surface area is 99.0 Å². The molecule has 17 heavy (non-hydrogen) atoms. The highest BCUT2D eigenvalue weighted by molar-refractivity contribution is 5.76. The van der Waals surface area contributed by atoms with E-state index >= 15 is 0 Å². The van der Waals surface area contributed by atoms with E-state index in [0.29, 0.717) is 0 Å². The molecule has 0 amide bonds. The number of fused-ring (bicyclic) bond motifs is 1. The van der Waals surface area contributed by atoms with Gasteiger partial charge in [0.05, 0.1) is 6.20 Å². The van der Waals surface area contributed by atoms with Crippen LogP contribution < -0.4 is 4.90 Å². The number of para-hydroxylation sites is 1. The highest BCUT2D eigenvalue weighted by Crippen LogP contribution is 2.30. The molecule has 0 fully saturated rings.